The van der Waals surface area contributed by atoms with E-state index >= 15 is 0 Å². The summed E-state index contributed by atoms with van der Waals surface area (Å²) < 4.78 is 52.6. The smallest absolute Gasteiger partial charge is 0.417 e. The zero-order valence-electron chi connectivity index (χ0n) is 21.0. The third-order valence-corrected chi connectivity index (χ3v) is 7.15. The third-order valence-electron chi connectivity index (χ3n) is 7.15. The van der Waals surface area contributed by atoms with Crippen molar-refractivity contribution in [3.8, 4) is 17.1 Å². The molecular weight excluding hydrogens is 481 g/mol. The Hall–Kier alpha value is -3.68. The van der Waals surface area contributed by atoms with Gasteiger partial charge in [-0.25, -0.2) is 0 Å². The van der Waals surface area contributed by atoms with Crippen LogP contribution in [0.15, 0.2) is 59.0 Å². The van der Waals surface area contributed by atoms with Crippen LogP contribution in [0.25, 0.3) is 22.2 Å². The average molecular weight is 511 g/mol. The Labute approximate surface area is 213 Å². The van der Waals surface area contributed by atoms with Crippen LogP contribution in [0.1, 0.15) is 55.3 Å². The molecule has 8 heteroatoms. The number of fused-ring (bicyclic) bond motifs is 3. The highest BCUT2D eigenvalue weighted by Crippen LogP contribution is 2.43. The Kier molecular flexibility index (Phi) is 6.52. The first-order valence-corrected chi connectivity index (χ1v) is 12.5. The Morgan fingerprint density at radius 2 is 1.97 bits per heavy atom. The molecule has 1 aliphatic heterocycles. The van der Waals surface area contributed by atoms with Crippen LogP contribution >= 0.6 is 0 Å². The van der Waals surface area contributed by atoms with E-state index in [9.17, 15) is 18.0 Å². The summed E-state index contributed by atoms with van der Waals surface area (Å²) in [4.78, 5) is 18.8. The highest BCUT2D eigenvalue weighted by atomic mass is 19.4. The van der Waals surface area contributed by atoms with Gasteiger partial charge in [0.05, 0.1) is 18.4 Å². The van der Waals surface area contributed by atoms with Crippen molar-refractivity contribution in [1.82, 2.24) is 9.88 Å². The van der Waals surface area contributed by atoms with Crippen LogP contribution in [0.2, 0.25) is 0 Å². The molecule has 4 aromatic rings. The van der Waals surface area contributed by atoms with E-state index in [1.165, 1.54) is 12.1 Å². The second kappa shape index (κ2) is 9.65. The second-order valence-electron chi connectivity index (χ2n) is 9.55. The Morgan fingerprint density at radius 3 is 2.70 bits per heavy atom. The summed E-state index contributed by atoms with van der Waals surface area (Å²) in [6.07, 6.45) is -2.24. The molecule has 2 aromatic carbocycles. The van der Waals surface area contributed by atoms with Gasteiger partial charge in [-0.2, -0.15) is 13.2 Å². The number of hydrogen-bond acceptors (Lipinski definition) is 3. The number of rotatable bonds is 6. The minimum Gasteiger partial charge on any atom is -0.497 e. The van der Waals surface area contributed by atoms with Gasteiger partial charge in [-0.3, -0.25) is 4.79 Å². The minimum atomic E-state index is -4.52. The number of H-pyrrole nitrogens is 1. The van der Waals surface area contributed by atoms with Crippen molar-refractivity contribution in [2.24, 2.45) is 5.92 Å². The molecule has 0 unspecified atom stereocenters. The first-order valence-electron chi connectivity index (χ1n) is 12.5. The topological polar surface area (TPSA) is 58.5 Å². The lowest BCUT2D eigenvalue weighted by Gasteiger charge is -2.36. The third kappa shape index (κ3) is 4.49. The van der Waals surface area contributed by atoms with E-state index in [4.69, 9.17) is 9.15 Å². The molecule has 0 bridgehead atoms. The first kappa shape index (κ1) is 25.0. The molecule has 0 saturated carbocycles. The SMILES string of the molecule is CCC[C@H](C)C(=O)N1CCc2c([nH]c3ccc(OC)cc23)[C@H]1c1ccc(-c2ccccc2C(F)(F)F)o1. The quantitative estimate of drug-likeness (QED) is 0.295. The molecule has 1 aliphatic rings. The van der Waals surface area contributed by atoms with Crippen LogP contribution in [-0.2, 0) is 17.4 Å². The number of amides is 1. The molecule has 194 valence electrons. The van der Waals surface area contributed by atoms with Crippen molar-refractivity contribution < 1.29 is 27.1 Å². The summed E-state index contributed by atoms with van der Waals surface area (Å²) in [7, 11) is 1.61. The van der Waals surface area contributed by atoms with Crippen molar-refractivity contribution >= 4 is 16.8 Å². The number of alkyl halides is 3. The van der Waals surface area contributed by atoms with Crippen molar-refractivity contribution in [3.63, 3.8) is 0 Å². The summed E-state index contributed by atoms with van der Waals surface area (Å²) in [5.74, 6) is 1.08. The molecule has 2 aromatic heterocycles. The predicted molar refractivity (Wildman–Crippen MR) is 135 cm³/mol. The normalized spacial score (nSPS) is 16.6. The van der Waals surface area contributed by atoms with E-state index in [1.807, 2.05) is 32.0 Å². The van der Waals surface area contributed by atoms with Crippen molar-refractivity contribution in [3.05, 3.63) is 77.2 Å². The molecule has 5 rings (SSSR count). The average Bonchev–Trinajstić information content (AvgIpc) is 3.52. The molecule has 1 amide bonds. The number of carbonyl (C=O) groups is 1. The molecular formula is C29H29F3N2O3. The zero-order chi connectivity index (χ0) is 26.3. The number of methoxy groups -OCH3 is 1. The van der Waals surface area contributed by atoms with E-state index < -0.39 is 17.8 Å². The molecule has 3 heterocycles. The molecule has 1 N–H and O–H groups in total. The van der Waals surface area contributed by atoms with Crippen molar-refractivity contribution in [1.29, 1.82) is 0 Å². The maximum Gasteiger partial charge on any atom is 0.417 e. The van der Waals surface area contributed by atoms with Gasteiger partial charge in [0, 0.05) is 28.9 Å². The summed E-state index contributed by atoms with van der Waals surface area (Å²) in [5, 5.41) is 1.00. The fraction of sp³-hybridized carbons (Fsp3) is 0.345. The highest BCUT2D eigenvalue weighted by Gasteiger charge is 2.39. The van der Waals surface area contributed by atoms with Crippen LogP contribution in [-0.4, -0.2) is 29.4 Å². The number of halogens is 3. The molecule has 2 atom stereocenters. The van der Waals surface area contributed by atoms with E-state index in [0.29, 0.717) is 18.7 Å². The Balaban J connectivity index is 1.64. The lowest BCUT2D eigenvalue weighted by Crippen LogP contribution is -2.43. The monoisotopic (exact) mass is 510 g/mol. The van der Waals surface area contributed by atoms with Crippen LogP contribution in [0.4, 0.5) is 13.2 Å². The standard InChI is InChI=1S/C29H29F3N2O3/c1-4-7-17(2)28(35)34-15-14-19-21-16-18(36-3)10-11-23(21)33-26(19)27(34)25-13-12-24(37-25)20-8-5-6-9-22(20)29(30,31)32/h5-6,8-13,16-17,27,33H,4,7,14-15H2,1-3H3/t17-,27+/m0/s1. The van der Waals surface area contributed by atoms with Crippen LogP contribution in [0.3, 0.4) is 0 Å². The minimum absolute atomic E-state index is 0.00220. The van der Waals surface area contributed by atoms with Crippen molar-refractivity contribution in [2.45, 2.75) is 45.3 Å². The van der Waals surface area contributed by atoms with Gasteiger partial charge in [-0.05, 0) is 54.8 Å². The maximum absolute atomic E-state index is 13.7. The first-order chi connectivity index (χ1) is 17.7. The lowest BCUT2D eigenvalue weighted by atomic mass is 9.93. The highest BCUT2D eigenvalue weighted by molar-refractivity contribution is 5.88. The van der Waals surface area contributed by atoms with Gasteiger partial charge in [0.2, 0.25) is 5.91 Å². The maximum atomic E-state index is 13.7. The fourth-order valence-corrected chi connectivity index (χ4v) is 5.36. The number of hydrogen-bond donors (Lipinski definition) is 1. The molecule has 0 radical (unpaired) electrons. The number of nitrogens with zero attached hydrogens (tertiary/aromatic N) is 1. The van der Waals surface area contributed by atoms with Gasteiger partial charge >= 0.3 is 6.18 Å². The van der Waals surface area contributed by atoms with Gasteiger partial charge in [-0.15, -0.1) is 0 Å². The number of ether oxygens (including phenoxy) is 1. The largest absolute Gasteiger partial charge is 0.497 e. The van der Waals surface area contributed by atoms with E-state index in [-0.39, 0.29) is 23.1 Å². The Morgan fingerprint density at radius 1 is 1.19 bits per heavy atom. The fourth-order valence-electron chi connectivity index (χ4n) is 5.36. The lowest BCUT2D eigenvalue weighted by molar-refractivity contribution is -0.138. The molecule has 0 spiro atoms. The van der Waals surface area contributed by atoms with Gasteiger partial charge in [0.25, 0.3) is 0 Å². The summed E-state index contributed by atoms with van der Waals surface area (Å²) in [5.41, 5.74) is 1.98. The second-order valence-corrected chi connectivity index (χ2v) is 9.55. The molecule has 37 heavy (non-hydrogen) atoms. The number of aromatic amines is 1. The molecule has 0 saturated heterocycles. The predicted octanol–water partition coefficient (Wildman–Crippen LogP) is 7.37. The van der Waals surface area contributed by atoms with E-state index in [0.717, 1.165) is 46.8 Å². The summed E-state index contributed by atoms with van der Waals surface area (Å²) in [6, 6.07) is 13.8. The van der Waals surface area contributed by atoms with Gasteiger partial charge in [0.1, 0.15) is 23.3 Å². The number of furan rings is 1. The van der Waals surface area contributed by atoms with E-state index in [1.54, 1.807) is 30.2 Å². The van der Waals surface area contributed by atoms with Gasteiger partial charge in [0.15, 0.2) is 0 Å². The van der Waals surface area contributed by atoms with Crippen LogP contribution in [0, 0.1) is 5.92 Å². The Bertz CT molecular complexity index is 1440. The van der Waals surface area contributed by atoms with E-state index in [2.05, 4.69) is 4.98 Å². The molecule has 5 nitrogen and oxygen atoms in total. The van der Waals surface area contributed by atoms with Gasteiger partial charge < -0.3 is 19.0 Å². The molecule has 0 aliphatic carbocycles. The number of benzene rings is 2. The van der Waals surface area contributed by atoms with Gasteiger partial charge in [-0.1, -0.05) is 38.5 Å². The number of nitrogens with one attached hydrogen (secondary N) is 1. The zero-order valence-corrected chi connectivity index (χ0v) is 21.0. The number of carbonyl (C=O) groups excluding carboxylic acids is 1. The van der Waals surface area contributed by atoms with Crippen LogP contribution < -0.4 is 4.74 Å². The number of aromatic nitrogens is 1. The molecule has 0 fully saturated rings. The summed E-state index contributed by atoms with van der Waals surface area (Å²) in [6.45, 7) is 4.43. The van der Waals surface area contributed by atoms with Crippen molar-refractivity contribution in [2.75, 3.05) is 13.7 Å². The summed E-state index contributed by atoms with van der Waals surface area (Å²) >= 11 is 0. The van der Waals surface area contributed by atoms with Crippen LogP contribution in [0.5, 0.6) is 5.75 Å².